The quantitative estimate of drug-likeness (QED) is 0.800. The third-order valence-corrected chi connectivity index (χ3v) is 4.18. The van der Waals surface area contributed by atoms with Gasteiger partial charge in [0.2, 0.25) is 5.91 Å². The minimum Gasteiger partial charge on any atom is -0.375 e. The molecule has 0 bridgehead atoms. The van der Waals surface area contributed by atoms with E-state index in [-0.39, 0.29) is 12.0 Å². The summed E-state index contributed by atoms with van der Waals surface area (Å²) in [6.45, 7) is 4.96. The van der Waals surface area contributed by atoms with Crippen LogP contribution >= 0.6 is 0 Å². The SMILES string of the molecule is CCC1CN(C(=O)C2CCCC2CN)CCO1. The normalized spacial score (nSPS) is 34.0. The molecule has 4 heteroatoms. The molecule has 17 heavy (non-hydrogen) atoms. The molecule has 1 saturated heterocycles. The van der Waals surface area contributed by atoms with Gasteiger partial charge in [0.25, 0.3) is 0 Å². The highest BCUT2D eigenvalue weighted by molar-refractivity contribution is 5.79. The van der Waals surface area contributed by atoms with Crippen molar-refractivity contribution in [1.82, 2.24) is 4.90 Å². The van der Waals surface area contributed by atoms with Crippen LogP contribution in [0, 0.1) is 11.8 Å². The lowest BCUT2D eigenvalue weighted by atomic mass is 9.94. The van der Waals surface area contributed by atoms with E-state index in [2.05, 4.69) is 6.92 Å². The zero-order chi connectivity index (χ0) is 12.3. The van der Waals surface area contributed by atoms with Crippen LogP contribution in [0.2, 0.25) is 0 Å². The average molecular weight is 240 g/mol. The Morgan fingerprint density at radius 3 is 3.00 bits per heavy atom. The minimum absolute atomic E-state index is 0.176. The van der Waals surface area contributed by atoms with Gasteiger partial charge in [-0.25, -0.2) is 0 Å². The van der Waals surface area contributed by atoms with E-state index in [1.54, 1.807) is 0 Å². The zero-order valence-electron chi connectivity index (χ0n) is 10.7. The first-order chi connectivity index (χ1) is 8.26. The number of carbonyl (C=O) groups excluding carboxylic acids is 1. The van der Waals surface area contributed by atoms with Gasteiger partial charge >= 0.3 is 0 Å². The number of amides is 1. The molecule has 4 nitrogen and oxygen atoms in total. The second kappa shape index (κ2) is 5.83. The standard InChI is InChI=1S/C13H24N2O2/c1-2-11-9-15(6-7-17-11)13(16)12-5-3-4-10(12)8-14/h10-12H,2-9,14H2,1H3. The lowest BCUT2D eigenvalue weighted by Gasteiger charge is -2.35. The molecular weight excluding hydrogens is 216 g/mol. The molecule has 1 heterocycles. The monoisotopic (exact) mass is 240 g/mol. The van der Waals surface area contributed by atoms with Crippen LogP contribution in [0.5, 0.6) is 0 Å². The van der Waals surface area contributed by atoms with Crippen molar-refractivity contribution in [1.29, 1.82) is 0 Å². The first-order valence-corrected chi connectivity index (χ1v) is 6.86. The molecule has 1 saturated carbocycles. The molecule has 2 fully saturated rings. The molecule has 2 aliphatic rings. The Morgan fingerprint density at radius 2 is 2.29 bits per heavy atom. The van der Waals surface area contributed by atoms with Gasteiger partial charge in [-0.15, -0.1) is 0 Å². The summed E-state index contributed by atoms with van der Waals surface area (Å²) >= 11 is 0. The molecule has 0 aromatic rings. The van der Waals surface area contributed by atoms with E-state index in [0.717, 1.165) is 38.8 Å². The van der Waals surface area contributed by atoms with Gasteiger partial charge < -0.3 is 15.4 Å². The molecule has 0 aromatic carbocycles. The molecule has 1 amide bonds. The number of ether oxygens (including phenoxy) is 1. The van der Waals surface area contributed by atoms with E-state index >= 15 is 0 Å². The van der Waals surface area contributed by atoms with Crippen LogP contribution in [-0.4, -0.2) is 43.2 Å². The molecule has 2 rings (SSSR count). The van der Waals surface area contributed by atoms with Crippen molar-refractivity contribution in [3.8, 4) is 0 Å². The topological polar surface area (TPSA) is 55.6 Å². The van der Waals surface area contributed by atoms with Gasteiger partial charge in [0.1, 0.15) is 0 Å². The van der Waals surface area contributed by atoms with Crippen LogP contribution in [-0.2, 0) is 9.53 Å². The zero-order valence-corrected chi connectivity index (χ0v) is 10.7. The number of hydrogen-bond acceptors (Lipinski definition) is 3. The summed E-state index contributed by atoms with van der Waals surface area (Å²) in [6.07, 6.45) is 4.50. The summed E-state index contributed by atoms with van der Waals surface area (Å²) in [6, 6.07) is 0. The predicted octanol–water partition coefficient (Wildman–Crippen LogP) is 0.999. The number of morpholine rings is 1. The number of hydrogen-bond donors (Lipinski definition) is 1. The van der Waals surface area contributed by atoms with Crippen LogP contribution in [0.15, 0.2) is 0 Å². The van der Waals surface area contributed by atoms with E-state index < -0.39 is 0 Å². The Kier molecular flexibility index (Phi) is 4.40. The summed E-state index contributed by atoms with van der Waals surface area (Å²) in [4.78, 5) is 14.4. The van der Waals surface area contributed by atoms with Crippen LogP contribution in [0.3, 0.4) is 0 Å². The van der Waals surface area contributed by atoms with Crippen molar-refractivity contribution in [3.05, 3.63) is 0 Å². The molecule has 0 spiro atoms. The Morgan fingerprint density at radius 1 is 1.47 bits per heavy atom. The van der Waals surface area contributed by atoms with Gasteiger partial charge in [-0.3, -0.25) is 4.79 Å². The maximum Gasteiger partial charge on any atom is 0.226 e. The third kappa shape index (κ3) is 2.80. The van der Waals surface area contributed by atoms with Crippen molar-refractivity contribution >= 4 is 5.91 Å². The smallest absolute Gasteiger partial charge is 0.226 e. The first-order valence-electron chi connectivity index (χ1n) is 6.86. The summed E-state index contributed by atoms with van der Waals surface area (Å²) in [7, 11) is 0. The number of rotatable bonds is 3. The first kappa shape index (κ1) is 12.8. The fraction of sp³-hybridized carbons (Fsp3) is 0.923. The van der Waals surface area contributed by atoms with Crippen LogP contribution in [0.25, 0.3) is 0 Å². The highest BCUT2D eigenvalue weighted by Gasteiger charge is 2.36. The van der Waals surface area contributed by atoms with Gasteiger partial charge in [0.15, 0.2) is 0 Å². The van der Waals surface area contributed by atoms with Crippen molar-refractivity contribution in [2.75, 3.05) is 26.2 Å². The predicted molar refractivity (Wildman–Crippen MR) is 66.5 cm³/mol. The Balaban J connectivity index is 1.94. The highest BCUT2D eigenvalue weighted by atomic mass is 16.5. The fourth-order valence-corrected chi connectivity index (χ4v) is 3.05. The summed E-state index contributed by atoms with van der Waals surface area (Å²) < 4.78 is 5.60. The lowest BCUT2D eigenvalue weighted by molar-refractivity contribution is -0.144. The van der Waals surface area contributed by atoms with Crippen molar-refractivity contribution in [3.63, 3.8) is 0 Å². The number of carbonyl (C=O) groups is 1. The molecule has 3 unspecified atom stereocenters. The number of nitrogens with zero attached hydrogens (tertiary/aromatic N) is 1. The maximum atomic E-state index is 12.4. The minimum atomic E-state index is 0.176. The second-order valence-corrected chi connectivity index (χ2v) is 5.22. The van der Waals surface area contributed by atoms with Crippen LogP contribution in [0.1, 0.15) is 32.6 Å². The van der Waals surface area contributed by atoms with Crippen LogP contribution < -0.4 is 5.73 Å². The van der Waals surface area contributed by atoms with Crippen LogP contribution in [0.4, 0.5) is 0 Å². The van der Waals surface area contributed by atoms with E-state index in [1.807, 2.05) is 4.90 Å². The summed E-state index contributed by atoms with van der Waals surface area (Å²) in [5.41, 5.74) is 5.75. The number of nitrogens with two attached hydrogens (primary N) is 1. The molecular formula is C13H24N2O2. The lowest BCUT2D eigenvalue weighted by Crippen LogP contribution is -2.48. The van der Waals surface area contributed by atoms with Crippen molar-refractivity contribution in [2.45, 2.75) is 38.7 Å². The van der Waals surface area contributed by atoms with E-state index in [9.17, 15) is 4.79 Å². The maximum absolute atomic E-state index is 12.4. The molecule has 0 radical (unpaired) electrons. The highest BCUT2D eigenvalue weighted by Crippen LogP contribution is 2.32. The molecule has 3 atom stereocenters. The van der Waals surface area contributed by atoms with E-state index in [4.69, 9.17) is 10.5 Å². The van der Waals surface area contributed by atoms with Gasteiger partial charge in [0, 0.05) is 19.0 Å². The van der Waals surface area contributed by atoms with Crippen molar-refractivity contribution in [2.24, 2.45) is 17.6 Å². The molecule has 1 aliphatic carbocycles. The molecule has 1 aliphatic heterocycles. The van der Waals surface area contributed by atoms with E-state index in [0.29, 0.717) is 25.0 Å². The summed E-state index contributed by atoms with van der Waals surface area (Å²) in [5.74, 6) is 0.903. The van der Waals surface area contributed by atoms with Gasteiger partial charge in [-0.2, -0.15) is 0 Å². The summed E-state index contributed by atoms with van der Waals surface area (Å²) in [5, 5.41) is 0. The third-order valence-electron chi connectivity index (χ3n) is 4.18. The fourth-order valence-electron chi connectivity index (χ4n) is 3.05. The average Bonchev–Trinajstić information content (AvgIpc) is 2.86. The Bertz CT molecular complexity index is 270. The largest absolute Gasteiger partial charge is 0.375 e. The Labute approximate surface area is 103 Å². The van der Waals surface area contributed by atoms with Crippen molar-refractivity contribution < 1.29 is 9.53 Å². The second-order valence-electron chi connectivity index (χ2n) is 5.22. The van der Waals surface area contributed by atoms with Gasteiger partial charge in [-0.1, -0.05) is 13.3 Å². The molecule has 98 valence electrons. The molecule has 0 aromatic heterocycles. The molecule has 2 N–H and O–H groups in total. The van der Waals surface area contributed by atoms with E-state index in [1.165, 1.54) is 0 Å². The van der Waals surface area contributed by atoms with Gasteiger partial charge in [-0.05, 0) is 31.7 Å². The Hall–Kier alpha value is -0.610. The van der Waals surface area contributed by atoms with Gasteiger partial charge in [0.05, 0.1) is 12.7 Å².